The van der Waals surface area contributed by atoms with Gasteiger partial charge in [-0.25, -0.2) is 4.39 Å². The molecule has 1 heterocycles. The Morgan fingerprint density at radius 3 is 2.86 bits per heavy atom. The van der Waals surface area contributed by atoms with Gasteiger partial charge in [-0.1, -0.05) is 27.2 Å². The third-order valence-electron chi connectivity index (χ3n) is 2.99. The highest BCUT2D eigenvalue weighted by Crippen LogP contribution is 2.21. The monoisotopic (exact) mass is 409 g/mol. The smallest absolute Gasteiger partial charge is 0.236 e. The second-order valence-electron chi connectivity index (χ2n) is 4.73. The van der Waals surface area contributed by atoms with E-state index in [0.717, 1.165) is 10.9 Å². The number of likely N-dealkylation sites (N-methyl/N-ethyl adjacent to an activating group) is 1. The molecule has 122 valence electrons. The van der Waals surface area contributed by atoms with E-state index in [2.05, 4.69) is 38.3 Å². The van der Waals surface area contributed by atoms with E-state index in [9.17, 15) is 4.39 Å². The maximum Gasteiger partial charge on any atom is 0.236 e. The third-order valence-corrected chi connectivity index (χ3v) is 4.45. The van der Waals surface area contributed by atoms with Crippen LogP contribution in [0.1, 0.15) is 24.2 Å². The van der Waals surface area contributed by atoms with E-state index >= 15 is 0 Å². The van der Waals surface area contributed by atoms with Crippen molar-refractivity contribution in [2.24, 2.45) is 0 Å². The Morgan fingerprint density at radius 1 is 1.41 bits per heavy atom. The first-order valence-corrected chi connectivity index (χ1v) is 8.53. The molecule has 2 aromatic rings. The second kappa shape index (κ2) is 9.50. The topological polar surface area (TPSA) is 51.0 Å². The lowest BCUT2D eigenvalue weighted by Crippen LogP contribution is -2.24. The van der Waals surface area contributed by atoms with Crippen LogP contribution in [0.25, 0.3) is 0 Å². The molecule has 1 N–H and O–H groups in total. The molecule has 0 amide bonds. The largest absolute Gasteiger partial charge is 0.338 e. The average molecular weight is 411 g/mol. The Kier molecular flexibility index (Phi) is 8.38. The minimum Gasteiger partial charge on any atom is -0.338 e. The highest BCUT2D eigenvalue weighted by molar-refractivity contribution is 9.10. The second-order valence-corrected chi connectivity index (χ2v) is 6.63. The van der Waals surface area contributed by atoms with Crippen molar-refractivity contribution >= 4 is 40.1 Å². The molecular formula is C14H18BrClFN3OS. The van der Waals surface area contributed by atoms with Crippen molar-refractivity contribution in [3.63, 3.8) is 0 Å². The zero-order chi connectivity index (χ0) is 15.2. The summed E-state index contributed by atoms with van der Waals surface area (Å²) in [6, 6.07) is 5.39. The summed E-state index contributed by atoms with van der Waals surface area (Å²) in [4.78, 5) is 4.33. The SMILES string of the molecule is CNC(C)Cc1noc(CSCc2ccc(Br)cc2F)n1.Cl. The van der Waals surface area contributed by atoms with Gasteiger partial charge in [0.1, 0.15) is 5.82 Å². The summed E-state index contributed by atoms with van der Waals surface area (Å²) in [6.07, 6.45) is 0.728. The minimum absolute atomic E-state index is 0. The van der Waals surface area contributed by atoms with E-state index < -0.39 is 0 Å². The van der Waals surface area contributed by atoms with Gasteiger partial charge in [0.2, 0.25) is 5.89 Å². The number of rotatable bonds is 7. The Morgan fingerprint density at radius 2 is 2.18 bits per heavy atom. The van der Waals surface area contributed by atoms with Gasteiger partial charge in [-0.05, 0) is 31.7 Å². The van der Waals surface area contributed by atoms with E-state index in [-0.39, 0.29) is 18.2 Å². The summed E-state index contributed by atoms with van der Waals surface area (Å²) in [6.45, 7) is 2.06. The van der Waals surface area contributed by atoms with Crippen LogP contribution >= 0.6 is 40.1 Å². The molecule has 4 nitrogen and oxygen atoms in total. The molecule has 0 saturated carbocycles. The van der Waals surface area contributed by atoms with Crippen molar-refractivity contribution in [3.8, 4) is 0 Å². The van der Waals surface area contributed by atoms with Crippen LogP contribution in [0.15, 0.2) is 27.2 Å². The van der Waals surface area contributed by atoms with Crippen molar-refractivity contribution in [2.75, 3.05) is 7.05 Å². The van der Waals surface area contributed by atoms with Gasteiger partial charge in [-0.15, -0.1) is 24.2 Å². The summed E-state index contributed by atoms with van der Waals surface area (Å²) >= 11 is 4.79. The number of halogens is 3. The molecule has 0 radical (unpaired) electrons. The molecule has 1 unspecified atom stereocenters. The van der Waals surface area contributed by atoms with Crippen molar-refractivity contribution in [1.82, 2.24) is 15.5 Å². The fraction of sp³-hybridized carbons (Fsp3) is 0.429. The van der Waals surface area contributed by atoms with Gasteiger partial charge in [0.15, 0.2) is 5.82 Å². The van der Waals surface area contributed by atoms with Crippen LogP contribution in [0.4, 0.5) is 4.39 Å². The van der Waals surface area contributed by atoms with Crippen LogP contribution in [-0.4, -0.2) is 23.2 Å². The maximum atomic E-state index is 13.7. The predicted molar refractivity (Wildman–Crippen MR) is 92.9 cm³/mol. The van der Waals surface area contributed by atoms with Crippen molar-refractivity contribution in [2.45, 2.75) is 30.9 Å². The lowest BCUT2D eigenvalue weighted by atomic mass is 10.2. The molecule has 0 aliphatic carbocycles. The van der Waals surface area contributed by atoms with Crippen molar-refractivity contribution < 1.29 is 8.91 Å². The zero-order valence-electron chi connectivity index (χ0n) is 12.3. The summed E-state index contributed by atoms with van der Waals surface area (Å²) in [5, 5.41) is 7.06. The van der Waals surface area contributed by atoms with E-state index in [1.807, 2.05) is 13.1 Å². The number of benzene rings is 1. The van der Waals surface area contributed by atoms with Gasteiger partial charge in [-0.3, -0.25) is 0 Å². The zero-order valence-corrected chi connectivity index (χ0v) is 15.5. The molecule has 1 atom stereocenters. The first-order valence-electron chi connectivity index (χ1n) is 6.59. The van der Waals surface area contributed by atoms with Crippen LogP contribution in [0.5, 0.6) is 0 Å². The van der Waals surface area contributed by atoms with E-state index in [1.165, 1.54) is 6.07 Å². The summed E-state index contributed by atoms with van der Waals surface area (Å²) in [5.74, 6) is 2.23. The van der Waals surface area contributed by atoms with Gasteiger partial charge >= 0.3 is 0 Å². The molecule has 0 aliphatic rings. The average Bonchev–Trinajstić information content (AvgIpc) is 2.88. The van der Waals surface area contributed by atoms with Crippen LogP contribution in [0, 0.1) is 5.82 Å². The van der Waals surface area contributed by atoms with Crippen LogP contribution in [0.3, 0.4) is 0 Å². The molecule has 8 heteroatoms. The molecule has 0 fully saturated rings. The van der Waals surface area contributed by atoms with Crippen molar-refractivity contribution in [1.29, 1.82) is 0 Å². The van der Waals surface area contributed by atoms with E-state index in [1.54, 1.807) is 17.8 Å². The molecule has 22 heavy (non-hydrogen) atoms. The molecule has 1 aromatic carbocycles. The van der Waals surface area contributed by atoms with Crippen LogP contribution < -0.4 is 5.32 Å². The van der Waals surface area contributed by atoms with E-state index in [0.29, 0.717) is 34.8 Å². The van der Waals surface area contributed by atoms with Gasteiger partial charge in [-0.2, -0.15) is 4.98 Å². The fourth-order valence-corrected chi connectivity index (χ4v) is 2.88. The normalized spacial score (nSPS) is 12.0. The number of hydrogen-bond acceptors (Lipinski definition) is 5. The Hall–Kier alpha value is -0.630. The highest BCUT2D eigenvalue weighted by Gasteiger charge is 2.10. The van der Waals surface area contributed by atoms with Crippen molar-refractivity contribution in [3.05, 3.63) is 45.8 Å². The summed E-state index contributed by atoms with van der Waals surface area (Å²) in [7, 11) is 1.90. The Labute approximate surface area is 148 Å². The highest BCUT2D eigenvalue weighted by atomic mass is 79.9. The van der Waals surface area contributed by atoms with Gasteiger partial charge in [0.25, 0.3) is 0 Å². The van der Waals surface area contributed by atoms with Crippen LogP contribution in [0.2, 0.25) is 0 Å². The standard InChI is InChI=1S/C14H17BrFN3OS.ClH/c1-9(17-2)5-13-18-14(20-19-13)8-21-7-10-3-4-11(15)6-12(10)16;/h3-4,6,9,17H,5,7-8H2,1-2H3;1H. The lowest BCUT2D eigenvalue weighted by Gasteiger charge is -2.04. The molecule has 1 aromatic heterocycles. The van der Waals surface area contributed by atoms with E-state index in [4.69, 9.17) is 4.52 Å². The first kappa shape index (κ1) is 19.4. The summed E-state index contributed by atoms with van der Waals surface area (Å²) in [5.41, 5.74) is 0.673. The molecule has 2 rings (SSSR count). The first-order chi connectivity index (χ1) is 10.1. The number of aromatic nitrogens is 2. The van der Waals surface area contributed by atoms with Gasteiger partial charge in [0.05, 0.1) is 5.75 Å². The molecule has 0 spiro atoms. The number of nitrogens with one attached hydrogen (secondary N) is 1. The molecule has 0 saturated heterocycles. The van der Waals surface area contributed by atoms with Gasteiger partial charge < -0.3 is 9.84 Å². The fourth-order valence-electron chi connectivity index (χ4n) is 1.69. The molecular weight excluding hydrogens is 393 g/mol. The lowest BCUT2D eigenvalue weighted by molar-refractivity contribution is 0.382. The molecule has 0 bridgehead atoms. The Balaban J connectivity index is 0.00000242. The Bertz CT molecular complexity index is 599. The van der Waals surface area contributed by atoms with Gasteiger partial charge in [0, 0.05) is 22.7 Å². The summed E-state index contributed by atoms with van der Waals surface area (Å²) < 4.78 is 19.6. The third kappa shape index (κ3) is 5.87. The number of thioether (sulfide) groups is 1. The van der Waals surface area contributed by atoms with Crippen LogP contribution in [-0.2, 0) is 17.9 Å². The molecule has 0 aliphatic heterocycles. The number of hydrogen-bond donors (Lipinski definition) is 1. The maximum absolute atomic E-state index is 13.7. The predicted octanol–water partition coefficient (Wildman–Crippen LogP) is 3.98. The quantitative estimate of drug-likeness (QED) is 0.748. The number of nitrogens with zero attached hydrogens (tertiary/aromatic N) is 2. The minimum atomic E-state index is -0.203.